The first-order valence-electron chi connectivity index (χ1n) is 6.44. The zero-order chi connectivity index (χ0) is 14.4. The Bertz CT molecular complexity index is 583. The van der Waals surface area contributed by atoms with E-state index in [2.05, 4.69) is 21.2 Å². The Morgan fingerprint density at radius 3 is 2.50 bits per heavy atom. The van der Waals surface area contributed by atoms with Gasteiger partial charge in [-0.1, -0.05) is 35.9 Å². The molecule has 0 aromatic heterocycles. The fourth-order valence-corrected chi connectivity index (χ4v) is 2.48. The van der Waals surface area contributed by atoms with E-state index < -0.39 is 0 Å². The second-order valence-electron chi connectivity index (χ2n) is 4.47. The molecule has 2 aromatic carbocycles. The molecule has 2 rings (SSSR count). The highest BCUT2D eigenvalue weighted by molar-refractivity contribution is 9.10. The molecule has 0 unspecified atom stereocenters. The largest absolute Gasteiger partial charge is 0.352 e. The van der Waals surface area contributed by atoms with Crippen molar-refractivity contribution in [2.24, 2.45) is 0 Å². The van der Waals surface area contributed by atoms with Gasteiger partial charge in [-0.3, -0.25) is 4.79 Å². The van der Waals surface area contributed by atoms with Crippen LogP contribution in [-0.4, -0.2) is 12.5 Å². The van der Waals surface area contributed by atoms with E-state index in [9.17, 15) is 4.79 Å². The van der Waals surface area contributed by atoms with Gasteiger partial charge in [0.1, 0.15) is 0 Å². The molecule has 0 heterocycles. The van der Waals surface area contributed by atoms with Crippen LogP contribution in [0.5, 0.6) is 0 Å². The summed E-state index contributed by atoms with van der Waals surface area (Å²) in [6, 6.07) is 15.2. The van der Waals surface area contributed by atoms with Crippen molar-refractivity contribution in [3.05, 3.63) is 69.2 Å². The Kier molecular flexibility index (Phi) is 5.62. The number of halogens is 2. The van der Waals surface area contributed by atoms with Crippen LogP contribution >= 0.6 is 27.5 Å². The predicted molar refractivity (Wildman–Crippen MR) is 86.2 cm³/mol. The Morgan fingerprint density at radius 2 is 1.80 bits per heavy atom. The van der Waals surface area contributed by atoms with E-state index in [4.69, 9.17) is 11.6 Å². The van der Waals surface area contributed by atoms with E-state index >= 15 is 0 Å². The zero-order valence-electron chi connectivity index (χ0n) is 10.9. The second-order valence-corrected chi connectivity index (χ2v) is 5.76. The number of aryl methyl sites for hydroxylation is 1. The first kappa shape index (κ1) is 15.1. The van der Waals surface area contributed by atoms with Crippen LogP contribution in [-0.2, 0) is 6.42 Å². The van der Waals surface area contributed by atoms with E-state index in [0.717, 1.165) is 22.3 Å². The molecule has 4 heteroatoms. The highest BCUT2D eigenvalue weighted by Gasteiger charge is 2.07. The summed E-state index contributed by atoms with van der Waals surface area (Å²) in [6.07, 6.45) is 1.82. The number of hydrogen-bond donors (Lipinski definition) is 1. The van der Waals surface area contributed by atoms with Crippen molar-refractivity contribution < 1.29 is 4.79 Å². The lowest BCUT2D eigenvalue weighted by molar-refractivity contribution is 0.0952. The van der Waals surface area contributed by atoms with E-state index in [1.165, 1.54) is 5.56 Å². The molecule has 0 fully saturated rings. The number of benzene rings is 2. The maximum Gasteiger partial charge on any atom is 0.252 e. The number of hydrogen-bond acceptors (Lipinski definition) is 1. The van der Waals surface area contributed by atoms with Gasteiger partial charge in [0.2, 0.25) is 0 Å². The molecule has 2 aromatic rings. The lowest BCUT2D eigenvalue weighted by Gasteiger charge is -2.07. The van der Waals surface area contributed by atoms with Gasteiger partial charge in [0.25, 0.3) is 5.91 Å². The van der Waals surface area contributed by atoms with Crippen LogP contribution in [0.1, 0.15) is 22.3 Å². The number of carbonyl (C=O) groups is 1. The molecule has 104 valence electrons. The Labute approximate surface area is 132 Å². The smallest absolute Gasteiger partial charge is 0.252 e. The van der Waals surface area contributed by atoms with Crippen molar-refractivity contribution in [3.63, 3.8) is 0 Å². The molecule has 1 N–H and O–H groups in total. The van der Waals surface area contributed by atoms with E-state index in [1.807, 2.05) is 42.5 Å². The molecule has 20 heavy (non-hydrogen) atoms. The van der Waals surface area contributed by atoms with Gasteiger partial charge < -0.3 is 5.32 Å². The maximum atomic E-state index is 12.0. The van der Waals surface area contributed by atoms with Crippen molar-refractivity contribution >= 4 is 33.4 Å². The topological polar surface area (TPSA) is 29.1 Å². The van der Waals surface area contributed by atoms with Crippen molar-refractivity contribution in [2.75, 3.05) is 6.54 Å². The minimum Gasteiger partial charge on any atom is -0.352 e. The lowest BCUT2D eigenvalue weighted by Crippen LogP contribution is -2.25. The second kappa shape index (κ2) is 7.46. The van der Waals surface area contributed by atoms with Crippen molar-refractivity contribution in [3.8, 4) is 0 Å². The van der Waals surface area contributed by atoms with Gasteiger partial charge in [0.15, 0.2) is 0 Å². The minimum absolute atomic E-state index is 0.0476. The third-order valence-corrected chi connectivity index (χ3v) is 3.90. The van der Waals surface area contributed by atoms with Crippen LogP contribution in [0.3, 0.4) is 0 Å². The SMILES string of the molecule is O=C(NCCCc1ccc(Cl)cc1)c1ccccc1Br. The fourth-order valence-electron chi connectivity index (χ4n) is 1.89. The molecule has 0 saturated heterocycles. The van der Waals surface area contributed by atoms with Crippen LogP contribution in [0.4, 0.5) is 0 Å². The van der Waals surface area contributed by atoms with Gasteiger partial charge in [-0.15, -0.1) is 0 Å². The fraction of sp³-hybridized carbons (Fsp3) is 0.188. The summed E-state index contributed by atoms with van der Waals surface area (Å²) in [6.45, 7) is 0.656. The molecule has 0 aliphatic rings. The van der Waals surface area contributed by atoms with E-state index in [-0.39, 0.29) is 5.91 Å². The molecule has 0 aliphatic carbocycles. The highest BCUT2D eigenvalue weighted by atomic mass is 79.9. The van der Waals surface area contributed by atoms with Gasteiger partial charge in [0.05, 0.1) is 5.56 Å². The number of nitrogens with one attached hydrogen (secondary N) is 1. The van der Waals surface area contributed by atoms with Crippen LogP contribution < -0.4 is 5.32 Å². The summed E-state index contributed by atoms with van der Waals surface area (Å²) in [5, 5.41) is 3.67. The summed E-state index contributed by atoms with van der Waals surface area (Å²) >= 11 is 9.21. The molecular formula is C16H15BrClNO. The number of rotatable bonds is 5. The molecule has 0 saturated carbocycles. The summed E-state index contributed by atoms with van der Waals surface area (Å²) < 4.78 is 0.815. The van der Waals surface area contributed by atoms with Crippen LogP contribution in [0, 0.1) is 0 Å². The van der Waals surface area contributed by atoms with Gasteiger partial charge in [-0.2, -0.15) is 0 Å². The average molecular weight is 353 g/mol. The zero-order valence-corrected chi connectivity index (χ0v) is 13.2. The first-order valence-corrected chi connectivity index (χ1v) is 7.61. The summed E-state index contributed by atoms with van der Waals surface area (Å²) in [5.41, 5.74) is 1.89. The normalized spacial score (nSPS) is 10.3. The van der Waals surface area contributed by atoms with Crippen LogP contribution in [0.15, 0.2) is 53.0 Å². The molecule has 0 aliphatic heterocycles. The molecule has 2 nitrogen and oxygen atoms in total. The van der Waals surface area contributed by atoms with Gasteiger partial charge in [0, 0.05) is 16.0 Å². The molecular weight excluding hydrogens is 338 g/mol. The predicted octanol–water partition coefficient (Wildman–Crippen LogP) is 4.47. The van der Waals surface area contributed by atoms with E-state index in [0.29, 0.717) is 12.1 Å². The standard InChI is InChI=1S/C16H15BrClNO/c17-15-6-2-1-5-14(15)16(20)19-11-3-4-12-7-9-13(18)10-8-12/h1-2,5-10H,3-4,11H2,(H,19,20). The highest BCUT2D eigenvalue weighted by Crippen LogP contribution is 2.15. The molecule has 0 radical (unpaired) electrons. The maximum absolute atomic E-state index is 12.0. The van der Waals surface area contributed by atoms with Gasteiger partial charge in [-0.05, 0) is 58.6 Å². The molecule has 0 bridgehead atoms. The third kappa shape index (κ3) is 4.36. The van der Waals surface area contributed by atoms with E-state index in [1.54, 1.807) is 6.07 Å². The summed E-state index contributed by atoms with van der Waals surface area (Å²) in [4.78, 5) is 12.0. The quantitative estimate of drug-likeness (QED) is 0.791. The Hall–Kier alpha value is -1.32. The molecule has 0 atom stereocenters. The summed E-state index contributed by atoms with van der Waals surface area (Å²) in [5.74, 6) is -0.0476. The van der Waals surface area contributed by atoms with Gasteiger partial charge >= 0.3 is 0 Å². The average Bonchev–Trinajstić information content (AvgIpc) is 2.46. The van der Waals surface area contributed by atoms with Crippen molar-refractivity contribution in [2.45, 2.75) is 12.8 Å². The van der Waals surface area contributed by atoms with Crippen LogP contribution in [0.2, 0.25) is 5.02 Å². The van der Waals surface area contributed by atoms with Gasteiger partial charge in [-0.25, -0.2) is 0 Å². The minimum atomic E-state index is -0.0476. The monoisotopic (exact) mass is 351 g/mol. The third-order valence-electron chi connectivity index (χ3n) is 2.96. The van der Waals surface area contributed by atoms with Crippen molar-refractivity contribution in [1.82, 2.24) is 5.32 Å². The lowest BCUT2D eigenvalue weighted by atomic mass is 10.1. The number of carbonyl (C=O) groups excluding carboxylic acids is 1. The summed E-state index contributed by atoms with van der Waals surface area (Å²) in [7, 11) is 0. The number of amides is 1. The Balaban J connectivity index is 1.77. The van der Waals surface area contributed by atoms with Crippen LogP contribution in [0.25, 0.3) is 0 Å². The molecule has 1 amide bonds. The Morgan fingerprint density at radius 1 is 1.10 bits per heavy atom. The van der Waals surface area contributed by atoms with Crippen molar-refractivity contribution in [1.29, 1.82) is 0 Å². The molecule has 0 spiro atoms. The first-order chi connectivity index (χ1) is 9.66.